The summed E-state index contributed by atoms with van der Waals surface area (Å²) in [6.07, 6.45) is 0. The first-order valence-corrected chi connectivity index (χ1v) is 9.31. The van der Waals surface area contributed by atoms with Crippen molar-refractivity contribution in [3.05, 3.63) is 54.1 Å². The van der Waals surface area contributed by atoms with Gasteiger partial charge < -0.3 is 19.3 Å². The molecule has 0 radical (unpaired) electrons. The Morgan fingerprint density at radius 2 is 1.72 bits per heavy atom. The van der Waals surface area contributed by atoms with Crippen LogP contribution in [0.4, 0.5) is 5.95 Å². The number of carbonyl (C=O) groups excluding carboxylic acids is 1. The number of benzene rings is 2. The van der Waals surface area contributed by atoms with Gasteiger partial charge in [-0.1, -0.05) is 23.3 Å². The van der Waals surface area contributed by atoms with Gasteiger partial charge >= 0.3 is 0 Å². The van der Waals surface area contributed by atoms with Gasteiger partial charge in [0.15, 0.2) is 0 Å². The number of ether oxygens (including phenoxy) is 2. The zero-order chi connectivity index (χ0) is 20.2. The third kappa shape index (κ3) is 3.71. The minimum Gasteiger partial charge on any atom is -0.497 e. The quantitative estimate of drug-likeness (QED) is 0.650. The predicted molar refractivity (Wildman–Crippen MR) is 107 cm³/mol. The molecular formula is C20H22N6O3. The SMILES string of the molecule is COc1ccc(OC)c(C(=O)N2CCN(c3nnnn3-c3ccccc3)CC2)c1. The zero-order valence-electron chi connectivity index (χ0n) is 16.4. The highest BCUT2D eigenvalue weighted by Gasteiger charge is 2.27. The lowest BCUT2D eigenvalue weighted by atomic mass is 10.1. The van der Waals surface area contributed by atoms with E-state index in [9.17, 15) is 4.79 Å². The first-order chi connectivity index (χ1) is 14.2. The Hall–Kier alpha value is -3.62. The van der Waals surface area contributed by atoms with Crippen molar-refractivity contribution >= 4 is 11.9 Å². The van der Waals surface area contributed by atoms with Crippen LogP contribution < -0.4 is 14.4 Å². The molecule has 4 rings (SSSR count). The molecule has 0 bridgehead atoms. The maximum atomic E-state index is 13.1. The van der Waals surface area contributed by atoms with E-state index in [0.29, 0.717) is 49.2 Å². The van der Waals surface area contributed by atoms with Gasteiger partial charge in [-0.2, -0.15) is 4.68 Å². The summed E-state index contributed by atoms with van der Waals surface area (Å²) in [7, 11) is 3.13. The fourth-order valence-electron chi connectivity index (χ4n) is 3.38. The van der Waals surface area contributed by atoms with E-state index >= 15 is 0 Å². The number of tetrazole rings is 1. The van der Waals surface area contributed by atoms with Crippen LogP contribution in [0.2, 0.25) is 0 Å². The molecule has 0 atom stereocenters. The summed E-state index contributed by atoms with van der Waals surface area (Å²) in [6.45, 7) is 2.37. The third-order valence-corrected chi connectivity index (χ3v) is 4.94. The average molecular weight is 394 g/mol. The highest BCUT2D eigenvalue weighted by atomic mass is 16.5. The van der Waals surface area contributed by atoms with Crippen molar-refractivity contribution in [1.82, 2.24) is 25.1 Å². The van der Waals surface area contributed by atoms with Crippen LogP contribution in [-0.4, -0.2) is 71.4 Å². The molecule has 9 heteroatoms. The largest absolute Gasteiger partial charge is 0.497 e. The van der Waals surface area contributed by atoms with Gasteiger partial charge in [0.1, 0.15) is 11.5 Å². The molecule has 1 aliphatic rings. The van der Waals surface area contributed by atoms with Gasteiger partial charge in [-0.3, -0.25) is 4.79 Å². The molecular weight excluding hydrogens is 372 g/mol. The Labute approximate surface area is 168 Å². The number of piperazine rings is 1. The van der Waals surface area contributed by atoms with E-state index in [-0.39, 0.29) is 5.91 Å². The lowest BCUT2D eigenvalue weighted by molar-refractivity contribution is 0.0742. The standard InChI is InChI=1S/C20H22N6O3/c1-28-16-8-9-18(29-2)17(14-16)19(27)24-10-12-25(13-11-24)20-21-22-23-26(20)15-6-4-3-5-7-15/h3-9,14H,10-13H2,1-2H3. The van der Waals surface area contributed by atoms with Gasteiger partial charge in [0, 0.05) is 26.2 Å². The number of hydrogen-bond donors (Lipinski definition) is 0. The Morgan fingerprint density at radius 3 is 2.41 bits per heavy atom. The molecule has 0 spiro atoms. The van der Waals surface area contributed by atoms with Gasteiger partial charge in [-0.15, -0.1) is 0 Å². The minimum atomic E-state index is -0.0805. The predicted octanol–water partition coefficient (Wildman–Crippen LogP) is 1.64. The van der Waals surface area contributed by atoms with Crippen LogP contribution in [0.1, 0.15) is 10.4 Å². The molecule has 1 aromatic heterocycles. The molecule has 3 aromatic rings. The number of hydrogen-bond acceptors (Lipinski definition) is 7. The second-order valence-electron chi connectivity index (χ2n) is 6.57. The number of methoxy groups -OCH3 is 2. The number of amides is 1. The molecule has 0 N–H and O–H groups in total. The van der Waals surface area contributed by atoms with Crippen molar-refractivity contribution < 1.29 is 14.3 Å². The van der Waals surface area contributed by atoms with E-state index in [2.05, 4.69) is 20.4 Å². The van der Waals surface area contributed by atoms with E-state index in [1.165, 1.54) is 0 Å². The van der Waals surface area contributed by atoms with E-state index in [0.717, 1.165) is 5.69 Å². The van der Waals surface area contributed by atoms with E-state index in [1.807, 2.05) is 35.2 Å². The van der Waals surface area contributed by atoms with Gasteiger partial charge in [0.2, 0.25) is 5.95 Å². The number of rotatable bonds is 5. The number of nitrogens with zero attached hydrogens (tertiary/aromatic N) is 6. The smallest absolute Gasteiger partial charge is 0.257 e. The highest BCUT2D eigenvalue weighted by Crippen LogP contribution is 2.26. The molecule has 2 aromatic carbocycles. The molecule has 2 heterocycles. The normalized spacial score (nSPS) is 14.0. The Bertz CT molecular complexity index is 983. The number of para-hydroxylation sites is 1. The molecule has 1 saturated heterocycles. The van der Waals surface area contributed by atoms with Crippen LogP contribution in [-0.2, 0) is 0 Å². The summed E-state index contributed by atoms with van der Waals surface area (Å²) in [5.41, 5.74) is 1.39. The zero-order valence-corrected chi connectivity index (χ0v) is 16.4. The lowest BCUT2D eigenvalue weighted by Crippen LogP contribution is -2.49. The Morgan fingerprint density at radius 1 is 0.966 bits per heavy atom. The third-order valence-electron chi connectivity index (χ3n) is 4.94. The van der Waals surface area contributed by atoms with Gasteiger partial charge in [0.05, 0.1) is 25.5 Å². The topological polar surface area (TPSA) is 85.6 Å². The minimum absolute atomic E-state index is 0.0805. The van der Waals surface area contributed by atoms with E-state index in [1.54, 1.807) is 37.1 Å². The van der Waals surface area contributed by atoms with Crippen molar-refractivity contribution in [2.75, 3.05) is 45.3 Å². The van der Waals surface area contributed by atoms with Crippen LogP contribution in [0, 0.1) is 0 Å². The van der Waals surface area contributed by atoms with Crippen LogP contribution in [0.15, 0.2) is 48.5 Å². The number of carbonyl (C=O) groups is 1. The van der Waals surface area contributed by atoms with Crippen molar-refractivity contribution in [1.29, 1.82) is 0 Å². The molecule has 1 fully saturated rings. The van der Waals surface area contributed by atoms with Crippen LogP contribution in [0.25, 0.3) is 5.69 Å². The maximum absolute atomic E-state index is 13.1. The second-order valence-corrected chi connectivity index (χ2v) is 6.57. The Kier molecular flexibility index (Phi) is 5.28. The number of aromatic nitrogens is 4. The van der Waals surface area contributed by atoms with Crippen LogP contribution in [0.5, 0.6) is 11.5 Å². The van der Waals surface area contributed by atoms with Gasteiger partial charge in [0.25, 0.3) is 5.91 Å². The van der Waals surface area contributed by atoms with Gasteiger partial charge in [-0.05, 0) is 40.8 Å². The lowest BCUT2D eigenvalue weighted by Gasteiger charge is -2.35. The molecule has 1 amide bonds. The molecule has 0 saturated carbocycles. The van der Waals surface area contributed by atoms with E-state index < -0.39 is 0 Å². The maximum Gasteiger partial charge on any atom is 0.257 e. The van der Waals surface area contributed by atoms with E-state index in [4.69, 9.17) is 9.47 Å². The summed E-state index contributed by atoms with van der Waals surface area (Å²) < 4.78 is 12.3. The molecule has 0 aliphatic carbocycles. The van der Waals surface area contributed by atoms with Crippen molar-refractivity contribution in [2.24, 2.45) is 0 Å². The molecule has 150 valence electrons. The van der Waals surface area contributed by atoms with Crippen LogP contribution in [0.3, 0.4) is 0 Å². The first kappa shape index (κ1) is 18.7. The Balaban J connectivity index is 1.48. The summed E-state index contributed by atoms with van der Waals surface area (Å²) in [5, 5.41) is 12.1. The summed E-state index contributed by atoms with van der Waals surface area (Å²) in [6, 6.07) is 15.0. The van der Waals surface area contributed by atoms with Crippen molar-refractivity contribution in [3.63, 3.8) is 0 Å². The molecule has 9 nitrogen and oxygen atoms in total. The van der Waals surface area contributed by atoms with Crippen LogP contribution >= 0.6 is 0 Å². The fourth-order valence-corrected chi connectivity index (χ4v) is 3.38. The molecule has 29 heavy (non-hydrogen) atoms. The summed E-state index contributed by atoms with van der Waals surface area (Å²) in [5.74, 6) is 1.74. The summed E-state index contributed by atoms with van der Waals surface area (Å²) in [4.78, 5) is 16.9. The molecule has 0 unspecified atom stereocenters. The first-order valence-electron chi connectivity index (χ1n) is 9.31. The summed E-state index contributed by atoms with van der Waals surface area (Å²) >= 11 is 0. The second kappa shape index (κ2) is 8.17. The number of anilines is 1. The monoisotopic (exact) mass is 394 g/mol. The van der Waals surface area contributed by atoms with Gasteiger partial charge in [-0.25, -0.2) is 0 Å². The average Bonchev–Trinajstić information content (AvgIpc) is 3.29. The van der Waals surface area contributed by atoms with Crippen molar-refractivity contribution in [2.45, 2.75) is 0 Å². The van der Waals surface area contributed by atoms with Crippen molar-refractivity contribution in [3.8, 4) is 17.2 Å². The highest BCUT2D eigenvalue weighted by molar-refractivity contribution is 5.97. The fraction of sp³-hybridized carbons (Fsp3) is 0.300. The molecule has 1 aliphatic heterocycles.